The Morgan fingerprint density at radius 2 is 1.82 bits per heavy atom. The van der Waals surface area contributed by atoms with Gasteiger partial charge in [-0.25, -0.2) is 0 Å². The highest BCUT2D eigenvalue weighted by atomic mass is 31.2. The van der Waals surface area contributed by atoms with Crippen LogP contribution in [0.1, 0.15) is 24.8 Å². The smallest absolute Gasteiger partial charge is 0.324 e. The molecule has 1 rings (SSSR count). The Kier molecular flexibility index (Phi) is 5.56. The molecule has 0 radical (unpaired) electrons. The second-order valence-electron chi connectivity index (χ2n) is 4.02. The molecule has 0 heterocycles. The van der Waals surface area contributed by atoms with Gasteiger partial charge in [-0.2, -0.15) is 0 Å². The first-order valence-electron chi connectivity index (χ1n) is 5.58. The molecule has 0 aromatic heterocycles. The van der Waals surface area contributed by atoms with Crippen molar-refractivity contribution < 1.29 is 19.1 Å². The third-order valence-corrected chi connectivity index (χ3v) is 3.89. The van der Waals surface area contributed by atoms with Gasteiger partial charge >= 0.3 is 7.60 Å². The molecule has 0 aliphatic carbocycles. The van der Waals surface area contributed by atoms with Crippen LogP contribution in [-0.4, -0.2) is 21.7 Å². The highest BCUT2D eigenvalue weighted by Gasteiger charge is 2.27. The molecule has 1 unspecified atom stereocenters. The van der Waals surface area contributed by atoms with Crippen molar-refractivity contribution >= 4 is 13.9 Å². The summed E-state index contributed by atoms with van der Waals surface area (Å²) in [4.78, 5) is 28.3. The van der Waals surface area contributed by atoms with Gasteiger partial charge in [0, 0.05) is 0 Å². The molecule has 0 fully saturated rings. The standard InChI is InChI=1S/C12H17O4P/c13-10-12(17(14,15)16)9-5-4-8-11-6-2-1-3-7-11/h1-3,6-7,10,12H,4-5,8-9H2,(H2,14,15,16). The summed E-state index contributed by atoms with van der Waals surface area (Å²) in [5, 5.41) is 0. The van der Waals surface area contributed by atoms with E-state index in [1.54, 1.807) is 0 Å². The van der Waals surface area contributed by atoms with E-state index in [0.29, 0.717) is 12.7 Å². The van der Waals surface area contributed by atoms with E-state index in [0.717, 1.165) is 12.8 Å². The summed E-state index contributed by atoms with van der Waals surface area (Å²) in [6.45, 7) is 0. The molecule has 0 spiro atoms. The second kappa shape index (κ2) is 6.70. The number of hydrogen-bond acceptors (Lipinski definition) is 2. The molecule has 1 aromatic carbocycles. The minimum absolute atomic E-state index is 0.251. The summed E-state index contributed by atoms with van der Waals surface area (Å²) in [6, 6.07) is 9.89. The van der Waals surface area contributed by atoms with E-state index in [-0.39, 0.29) is 6.42 Å². The van der Waals surface area contributed by atoms with Gasteiger partial charge in [0.15, 0.2) is 0 Å². The topological polar surface area (TPSA) is 74.6 Å². The molecule has 1 aromatic rings. The first-order valence-corrected chi connectivity index (χ1v) is 7.26. The van der Waals surface area contributed by atoms with Crippen LogP contribution in [0.25, 0.3) is 0 Å². The van der Waals surface area contributed by atoms with E-state index in [2.05, 4.69) is 0 Å². The molecule has 0 saturated heterocycles. The molecular weight excluding hydrogens is 239 g/mol. The first kappa shape index (κ1) is 14.1. The highest BCUT2D eigenvalue weighted by molar-refractivity contribution is 7.53. The number of carbonyl (C=O) groups excluding carboxylic acids is 1. The van der Waals surface area contributed by atoms with E-state index in [4.69, 9.17) is 9.79 Å². The maximum atomic E-state index is 10.9. The predicted octanol–water partition coefficient (Wildman–Crippen LogP) is 2.14. The van der Waals surface area contributed by atoms with Crippen LogP contribution >= 0.6 is 7.60 Å². The zero-order valence-corrected chi connectivity index (χ0v) is 10.4. The molecule has 2 N–H and O–H groups in total. The Bertz CT molecular complexity index is 385. The minimum atomic E-state index is -4.26. The Labute approximate surface area is 101 Å². The van der Waals surface area contributed by atoms with Gasteiger partial charge in [-0.15, -0.1) is 0 Å². The zero-order valence-electron chi connectivity index (χ0n) is 9.53. The number of unbranched alkanes of at least 4 members (excludes halogenated alkanes) is 1. The number of carbonyl (C=O) groups is 1. The minimum Gasteiger partial charge on any atom is -0.324 e. The van der Waals surface area contributed by atoms with Gasteiger partial charge in [0.1, 0.15) is 11.9 Å². The molecule has 0 amide bonds. The van der Waals surface area contributed by atoms with Crippen LogP contribution in [0.2, 0.25) is 0 Å². The third kappa shape index (κ3) is 5.26. The van der Waals surface area contributed by atoms with E-state index < -0.39 is 13.3 Å². The van der Waals surface area contributed by atoms with Crippen LogP contribution in [0.15, 0.2) is 30.3 Å². The summed E-state index contributed by atoms with van der Waals surface area (Å²) < 4.78 is 10.9. The van der Waals surface area contributed by atoms with E-state index in [9.17, 15) is 9.36 Å². The lowest BCUT2D eigenvalue weighted by molar-refractivity contribution is -0.107. The van der Waals surface area contributed by atoms with Gasteiger partial charge in [0.05, 0.1) is 0 Å². The lowest BCUT2D eigenvalue weighted by Gasteiger charge is -2.11. The van der Waals surface area contributed by atoms with E-state index in [1.165, 1.54) is 5.56 Å². The highest BCUT2D eigenvalue weighted by Crippen LogP contribution is 2.42. The number of rotatable bonds is 7. The largest absolute Gasteiger partial charge is 0.335 e. The monoisotopic (exact) mass is 256 g/mol. The van der Waals surface area contributed by atoms with Gasteiger partial charge < -0.3 is 14.6 Å². The molecular formula is C12H17O4P. The third-order valence-electron chi connectivity index (χ3n) is 2.65. The van der Waals surface area contributed by atoms with Gasteiger partial charge in [-0.05, 0) is 24.8 Å². The van der Waals surface area contributed by atoms with Crippen molar-refractivity contribution in [2.45, 2.75) is 31.3 Å². The Balaban J connectivity index is 2.29. The Morgan fingerprint density at radius 3 is 2.35 bits per heavy atom. The van der Waals surface area contributed by atoms with E-state index in [1.807, 2.05) is 30.3 Å². The van der Waals surface area contributed by atoms with Crippen LogP contribution in [-0.2, 0) is 15.8 Å². The first-order chi connectivity index (χ1) is 8.04. The molecule has 5 heteroatoms. The fourth-order valence-corrected chi connectivity index (χ4v) is 2.32. The second-order valence-corrected chi connectivity index (χ2v) is 5.87. The maximum absolute atomic E-state index is 10.9. The van der Waals surface area contributed by atoms with Crippen LogP contribution in [0.4, 0.5) is 0 Å². The maximum Gasteiger partial charge on any atom is 0.335 e. The molecule has 0 aliphatic heterocycles. The zero-order chi connectivity index (χ0) is 12.7. The normalized spacial score (nSPS) is 13.3. The summed E-state index contributed by atoms with van der Waals surface area (Å²) >= 11 is 0. The van der Waals surface area contributed by atoms with Crippen LogP contribution in [0.3, 0.4) is 0 Å². The van der Waals surface area contributed by atoms with Crippen molar-refractivity contribution in [2.24, 2.45) is 0 Å². The summed E-state index contributed by atoms with van der Waals surface area (Å²) in [6.07, 6.45) is 2.95. The van der Waals surface area contributed by atoms with Crippen LogP contribution in [0, 0.1) is 0 Å². The molecule has 0 aliphatic rings. The molecule has 4 nitrogen and oxygen atoms in total. The van der Waals surface area contributed by atoms with Crippen molar-refractivity contribution in [3.63, 3.8) is 0 Å². The molecule has 1 atom stereocenters. The number of aryl methyl sites for hydroxylation is 1. The lowest BCUT2D eigenvalue weighted by atomic mass is 10.1. The van der Waals surface area contributed by atoms with Crippen molar-refractivity contribution in [1.82, 2.24) is 0 Å². The fourth-order valence-electron chi connectivity index (χ4n) is 1.64. The van der Waals surface area contributed by atoms with Gasteiger partial charge in [-0.3, -0.25) is 4.57 Å². The van der Waals surface area contributed by atoms with Gasteiger partial charge in [0.2, 0.25) is 0 Å². The average Bonchev–Trinajstić information content (AvgIpc) is 2.28. The summed E-state index contributed by atoms with van der Waals surface area (Å²) in [7, 11) is -4.26. The van der Waals surface area contributed by atoms with Gasteiger partial charge in [-0.1, -0.05) is 36.8 Å². The lowest BCUT2D eigenvalue weighted by Crippen LogP contribution is -2.09. The van der Waals surface area contributed by atoms with Crippen LogP contribution in [0.5, 0.6) is 0 Å². The van der Waals surface area contributed by atoms with Crippen LogP contribution < -0.4 is 0 Å². The van der Waals surface area contributed by atoms with Crippen molar-refractivity contribution in [2.75, 3.05) is 0 Å². The number of aldehydes is 1. The summed E-state index contributed by atoms with van der Waals surface area (Å²) in [5.41, 5.74) is 0.0598. The molecule has 0 saturated carbocycles. The van der Waals surface area contributed by atoms with E-state index >= 15 is 0 Å². The number of benzene rings is 1. The quantitative estimate of drug-likeness (QED) is 0.445. The Hall–Kier alpha value is -0.960. The summed E-state index contributed by atoms with van der Waals surface area (Å²) in [5.74, 6) is 0. The number of hydrogen-bond donors (Lipinski definition) is 2. The van der Waals surface area contributed by atoms with Gasteiger partial charge in [0.25, 0.3) is 0 Å². The molecule has 0 bridgehead atoms. The van der Waals surface area contributed by atoms with Crippen molar-refractivity contribution in [1.29, 1.82) is 0 Å². The van der Waals surface area contributed by atoms with Crippen molar-refractivity contribution in [3.8, 4) is 0 Å². The fraction of sp³-hybridized carbons (Fsp3) is 0.417. The predicted molar refractivity (Wildman–Crippen MR) is 65.9 cm³/mol. The average molecular weight is 256 g/mol. The molecule has 17 heavy (non-hydrogen) atoms. The SMILES string of the molecule is O=CC(CCCCc1ccccc1)P(=O)(O)O. The van der Waals surface area contributed by atoms with Crippen molar-refractivity contribution in [3.05, 3.63) is 35.9 Å². The Morgan fingerprint density at radius 1 is 1.18 bits per heavy atom. The molecule has 94 valence electrons.